The summed E-state index contributed by atoms with van der Waals surface area (Å²) in [4.78, 5) is 12.3. The van der Waals surface area contributed by atoms with Crippen molar-refractivity contribution in [1.82, 2.24) is 5.32 Å². The van der Waals surface area contributed by atoms with Crippen molar-refractivity contribution < 1.29 is 25.2 Å². The van der Waals surface area contributed by atoms with Crippen molar-refractivity contribution in [1.29, 1.82) is 0 Å². The van der Waals surface area contributed by atoms with Crippen LogP contribution >= 0.6 is 0 Å². The highest BCUT2D eigenvalue weighted by Crippen LogP contribution is 2.14. The number of unbranched alkanes of at least 4 members (excludes halogenated alkanes) is 15. The minimum Gasteiger partial charge on any atom is -0.394 e. The fraction of sp³-hybridized carbons (Fsp3) is 0.844. The molecule has 0 saturated heterocycles. The van der Waals surface area contributed by atoms with E-state index in [4.69, 9.17) is 0 Å². The summed E-state index contributed by atoms with van der Waals surface area (Å²) in [5, 5.41) is 42.7. The first-order chi connectivity index (χ1) is 18.5. The van der Waals surface area contributed by atoms with E-state index in [0.717, 1.165) is 51.4 Å². The molecule has 6 heteroatoms. The lowest BCUT2D eigenvalue weighted by molar-refractivity contribution is -0.132. The van der Waals surface area contributed by atoms with Gasteiger partial charge in [-0.1, -0.05) is 128 Å². The van der Waals surface area contributed by atoms with Crippen LogP contribution in [0.15, 0.2) is 24.3 Å². The van der Waals surface area contributed by atoms with E-state index in [-0.39, 0.29) is 0 Å². The largest absolute Gasteiger partial charge is 0.394 e. The first-order valence-electron chi connectivity index (χ1n) is 15.7. The van der Waals surface area contributed by atoms with Crippen molar-refractivity contribution in [3.63, 3.8) is 0 Å². The third kappa shape index (κ3) is 21.7. The average Bonchev–Trinajstić information content (AvgIpc) is 2.92. The maximum atomic E-state index is 12.3. The predicted octanol–water partition coefficient (Wildman–Crippen LogP) is 6.50. The standard InChI is InChI=1S/C32H61NO5/c1-3-5-7-9-10-11-12-13-14-15-16-17-18-19-20-21-22-24-26-30(36)32(38)33-28(27-34)31(37)29(35)25-23-8-6-4-2/h10-13,28-31,34-37H,3-9,14-27H2,1-2H3,(H,33,38)/b11-10-,13-12-. The molecule has 224 valence electrons. The Morgan fingerprint density at radius 3 is 1.66 bits per heavy atom. The molecule has 0 aliphatic carbocycles. The van der Waals surface area contributed by atoms with Gasteiger partial charge < -0.3 is 25.7 Å². The molecule has 0 aromatic carbocycles. The van der Waals surface area contributed by atoms with Crippen LogP contribution in [-0.2, 0) is 4.79 Å². The number of hydrogen-bond donors (Lipinski definition) is 5. The number of rotatable bonds is 27. The molecule has 0 fully saturated rings. The Hall–Kier alpha value is -1.21. The molecule has 5 N–H and O–H groups in total. The molecule has 0 rings (SSSR count). The zero-order valence-electron chi connectivity index (χ0n) is 24.7. The number of nitrogens with one attached hydrogen (secondary N) is 1. The van der Waals surface area contributed by atoms with E-state index in [1.165, 1.54) is 64.2 Å². The molecule has 0 aliphatic heterocycles. The molecule has 4 atom stereocenters. The SMILES string of the molecule is CCCCC/C=C\C=C/CCCCCCCCCCCC(O)C(=O)NC(CO)C(O)C(O)CCCCCC. The first kappa shape index (κ1) is 36.8. The van der Waals surface area contributed by atoms with Gasteiger partial charge in [0.25, 0.3) is 0 Å². The molecule has 1 amide bonds. The van der Waals surface area contributed by atoms with Gasteiger partial charge in [0.2, 0.25) is 5.91 Å². The van der Waals surface area contributed by atoms with Crippen LogP contribution in [0, 0.1) is 0 Å². The van der Waals surface area contributed by atoms with Crippen LogP contribution in [0.25, 0.3) is 0 Å². The lowest BCUT2D eigenvalue weighted by Crippen LogP contribution is -2.53. The van der Waals surface area contributed by atoms with Gasteiger partial charge in [-0.2, -0.15) is 0 Å². The molecule has 0 saturated carbocycles. The summed E-state index contributed by atoms with van der Waals surface area (Å²) in [6.45, 7) is 3.85. The summed E-state index contributed by atoms with van der Waals surface area (Å²) < 4.78 is 0. The van der Waals surface area contributed by atoms with Crippen LogP contribution in [0.2, 0.25) is 0 Å². The normalized spacial score (nSPS) is 15.2. The topological polar surface area (TPSA) is 110 Å². The summed E-state index contributed by atoms with van der Waals surface area (Å²) in [6.07, 6.45) is 26.8. The Morgan fingerprint density at radius 1 is 0.658 bits per heavy atom. The first-order valence-corrected chi connectivity index (χ1v) is 15.7. The Kier molecular flexibility index (Phi) is 26.5. The van der Waals surface area contributed by atoms with Gasteiger partial charge in [-0.3, -0.25) is 4.79 Å². The van der Waals surface area contributed by atoms with Crippen LogP contribution in [0.3, 0.4) is 0 Å². The van der Waals surface area contributed by atoms with Crippen molar-refractivity contribution in [3.05, 3.63) is 24.3 Å². The monoisotopic (exact) mass is 539 g/mol. The number of carbonyl (C=O) groups is 1. The quantitative estimate of drug-likeness (QED) is 0.0604. The smallest absolute Gasteiger partial charge is 0.249 e. The van der Waals surface area contributed by atoms with E-state index in [2.05, 4.69) is 43.5 Å². The minimum atomic E-state index is -1.25. The molecular formula is C32H61NO5. The fourth-order valence-electron chi connectivity index (χ4n) is 4.57. The van der Waals surface area contributed by atoms with Gasteiger partial charge in [-0.05, 0) is 38.5 Å². The lowest BCUT2D eigenvalue weighted by Gasteiger charge is -2.27. The van der Waals surface area contributed by atoms with E-state index in [9.17, 15) is 25.2 Å². The van der Waals surface area contributed by atoms with Crippen molar-refractivity contribution in [3.8, 4) is 0 Å². The van der Waals surface area contributed by atoms with E-state index < -0.39 is 36.9 Å². The van der Waals surface area contributed by atoms with Crippen LogP contribution in [-0.4, -0.2) is 57.3 Å². The second kappa shape index (κ2) is 27.4. The molecule has 0 aliphatic rings. The van der Waals surface area contributed by atoms with Crippen LogP contribution in [0.1, 0.15) is 142 Å². The zero-order chi connectivity index (χ0) is 28.3. The van der Waals surface area contributed by atoms with Gasteiger partial charge >= 0.3 is 0 Å². The molecule has 0 heterocycles. The highest BCUT2D eigenvalue weighted by molar-refractivity contribution is 5.80. The Bertz CT molecular complexity index is 580. The molecule has 6 nitrogen and oxygen atoms in total. The number of hydrogen-bond acceptors (Lipinski definition) is 5. The van der Waals surface area contributed by atoms with E-state index >= 15 is 0 Å². The van der Waals surface area contributed by atoms with Gasteiger partial charge in [0.05, 0.1) is 18.8 Å². The molecule has 0 radical (unpaired) electrons. The van der Waals surface area contributed by atoms with Gasteiger partial charge in [0.15, 0.2) is 0 Å². The highest BCUT2D eigenvalue weighted by Gasteiger charge is 2.28. The summed E-state index contributed by atoms with van der Waals surface area (Å²) in [5.74, 6) is -0.598. The van der Waals surface area contributed by atoms with E-state index in [0.29, 0.717) is 12.8 Å². The maximum absolute atomic E-state index is 12.3. The summed E-state index contributed by atoms with van der Waals surface area (Å²) in [5.41, 5.74) is 0. The number of allylic oxidation sites excluding steroid dienone is 4. The third-order valence-corrected chi connectivity index (χ3v) is 7.19. The van der Waals surface area contributed by atoms with Gasteiger partial charge in [0.1, 0.15) is 12.2 Å². The predicted molar refractivity (Wildman–Crippen MR) is 159 cm³/mol. The number of carbonyl (C=O) groups excluding carboxylic acids is 1. The molecule has 38 heavy (non-hydrogen) atoms. The molecule has 0 bridgehead atoms. The summed E-state index contributed by atoms with van der Waals surface area (Å²) in [7, 11) is 0. The summed E-state index contributed by atoms with van der Waals surface area (Å²) >= 11 is 0. The van der Waals surface area contributed by atoms with Gasteiger partial charge in [0, 0.05) is 0 Å². The fourth-order valence-corrected chi connectivity index (χ4v) is 4.57. The Balaban J connectivity index is 3.76. The minimum absolute atomic E-state index is 0.362. The second-order valence-electron chi connectivity index (χ2n) is 10.8. The average molecular weight is 540 g/mol. The molecule has 0 aromatic heterocycles. The Morgan fingerprint density at radius 2 is 1.11 bits per heavy atom. The van der Waals surface area contributed by atoms with Crippen molar-refractivity contribution >= 4 is 5.91 Å². The van der Waals surface area contributed by atoms with Crippen LogP contribution in [0.5, 0.6) is 0 Å². The number of amides is 1. The van der Waals surface area contributed by atoms with E-state index in [1.807, 2.05) is 0 Å². The van der Waals surface area contributed by atoms with Gasteiger partial charge in [-0.25, -0.2) is 0 Å². The van der Waals surface area contributed by atoms with E-state index in [1.54, 1.807) is 0 Å². The molecule has 0 aromatic rings. The zero-order valence-corrected chi connectivity index (χ0v) is 24.7. The molecule has 0 spiro atoms. The number of aliphatic hydroxyl groups is 4. The lowest BCUT2D eigenvalue weighted by atomic mass is 9.99. The van der Waals surface area contributed by atoms with Gasteiger partial charge in [-0.15, -0.1) is 0 Å². The molecule has 4 unspecified atom stereocenters. The highest BCUT2D eigenvalue weighted by atomic mass is 16.3. The molecular weight excluding hydrogens is 478 g/mol. The van der Waals surface area contributed by atoms with Crippen molar-refractivity contribution in [2.75, 3.05) is 6.61 Å². The van der Waals surface area contributed by atoms with Crippen molar-refractivity contribution in [2.45, 2.75) is 167 Å². The van der Waals surface area contributed by atoms with Crippen LogP contribution in [0.4, 0.5) is 0 Å². The van der Waals surface area contributed by atoms with Crippen molar-refractivity contribution in [2.24, 2.45) is 0 Å². The maximum Gasteiger partial charge on any atom is 0.249 e. The Labute approximate surface area is 234 Å². The second-order valence-corrected chi connectivity index (χ2v) is 10.8. The number of aliphatic hydroxyl groups excluding tert-OH is 4. The summed E-state index contributed by atoms with van der Waals surface area (Å²) in [6, 6.07) is -0.980. The van der Waals surface area contributed by atoms with Crippen LogP contribution < -0.4 is 5.32 Å². The third-order valence-electron chi connectivity index (χ3n) is 7.19.